The van der Waals surface area contributed by atoms with Gasteiger partial charge in [0, 0.05) is 5.56 Å². The second-order valence-electron chi connectivity index (χ2n) is 5.70. The minimum Gasteiger partial charge on any atom is -0.497 e. The van der Waals surface area contributed by atoms with Crippen molar-refractivity contribution in [1.29, 1.82) is 0 Å². The van der Waals surface area contributed by atoms with E-state index in [1.807, 2.05) is 24.3 Å². The zero-order valence-corrected chi connectivity index (χ0v) is 15.8. The number of halogens is 4. The van der Waals surface area contributed by atoms with Crippen molar-refractivity contribution >= 4 is 15.9 Å². The molecule has 2 aromatic carbocycles. The average molecular weight is 438 g/mol. The molecule has 27 heavy (non-hydrogen) atoms. The molecule has 0 bridgehead atoms. The number of ether oxygens (including phenoxy) is 2. The number of nitrogens with zero attached hydrogens (tertiary/aromatic N) is 1. The Morgan fingerprint density at radius 1 is 0.926 bits per heavy atom. The molecule has 0 aliphatic heterocycles. The molecule has 7 heteroatoms. The van der Waals surface area contributed by atoms with Crippen LogP contribution in [0.2, 0.25) is 0 Å². The van der Waals surface area contributed by atoms with Crippen LogP contribution < -0.4 is 9.47 Å². The first kappa shape index (κ1) is 19.2. The second kappa shape index (κ2) is 8.00. The van der Waals surface area contributed by atoms with Crippen molar-refractivity contribution in [3.63, 3.8) is 0 Å². The van der Waals surface area contributed by atoms with E-state index in [1.165, 1.54) is 12.1 Å². The van der Waals surface area contributed by atoms with Crippen molar-refractivity contribution in [1.82, 2.24) is 4.98 Å². The Morgan fingerprint density at radius 3 is 2.15 bits per heavy atom. The number of hydrogen-bond donors (Lipinski definition) is 0. The van der Waals surface area contributed by atoms with Crippen molar-refractivity contribution < 1.29 is 22.6 Å². The van der Waals surface area contributed by atoms with Crippen molar-refractivity contribution in [3.05, 3.63) is 76.4 Å². The van der Waals surface area contributed by atoms with Crippen LogP contribution in [0.3, 0.4) is 0 Å². The first-order chi connectivity index (χ1) is 12.9. The van der Waals surface area contributed by atoms with E-state index in [9.17, 15) is 13.2 Å². The predicted octanol–water partition coefficient (Wildman–Crippen LogP) is 6.12. The number of hydrogen-bond acceptors (Lipinski definition) is 3. The van der Waals surface area contributed by atoms with Gasteiger partial charge in [-0.3, -0.25) is 0 Å². The lowest BCUT2D eigenvalue weighted by atomic mass is 10.1. The molecule has 3 aromatic rings. The van der Waals surface area contributed by atoms with Gasteiger partial charge in [-0.15, -0.1) is 0 Å². The quantitative estimate of drug-likeness (QED) is 0.450. The van der Waals surface area contributed by atoms with Gasteiger partial charge in [-0.2, -0.15) is 13.2 Å². The van der Waals surface area contributed by atoms with Crippen molar-refractivity contribution in [2.75, 3.05) is 7.11 Å². The van der Waals surface area contributed by atoms with Crippen LogP contribution in [-0.4, -0.2) is 12.1 Å². The van der Waals surface area contributed by atoms with Gasteiger partial charge in [0.2, 0.25) is 0 Å². The first-order valence-corrected chi connectivity index (χ1v) is 8.76. The molecule has 1 aromatic heterocycles. The largest absolute Gasteiger partial charge is 0.497 e. The fourth-order valence-electron chi connectivity index (χ4n) is 2.40. The summed E-state index contributed by atoms with van der Waals surface area (Å²) in [6, 6.07) is 15.8. The number of benzene rings is 2. The lowest BCUT2D eigenvalue weighted by molar-refractivity contribution is -0.137. The third-order valence-corrected chi connectivity index (χ3v) is 4.44. The highest BCUT2D eigenvalue weighted by atomic mass is 79.9. The average Bonchev–Trinajstić information content (AvgIpc) is 2.67. The highest BCUT2D eigenvalue weighted by Crippen LogP contribution is 2.32. The molecule has 0 N–H and O–H groups in total. The Hall–Kier alpha value is -2.54. The van der Waals surface area contributed by atoms with Gasteiger partial charge in [0.25, 0.3) is 0 Å². The van der Waals surface area contributed by atoms with Crippen LogP contribution in [0.4, 0.5) is 13.2 Å². The van der Waals surface area contributed by atoms with Gasteiger partial charge in [0.1, 0.15) is 17.0 Å². The maximum Gasteiger partial charge on any atom is 0.416 e. The third kappa shape index (κ3) is 4.80. The van der Waals surface area contributed by atoms with Crippen LogP contribution in [0, 0.1) is 0 Å². The van der Waals surface area contributed by atoms with Gasteiger partial charge < -0.3 is 9.47 Å². The maximum atomic E-state index is 12.7. The van der Waals surface area contributed by atoms with Crippen LogP contribution in [0.1, 0.15) is 11.1 Å². The molecule has 0 spiro atoms. The summed E-state index contributed by atoms with van der Waals surface area (Å²) in [4.78, 5) is 4.37. The summed E-state index contributed by atoms with van der Waals surface area (Å²) in [5, 5.41) is 0. The second-order valence-corrected chi connectivity index (χ2v) is 6.45. The number of rotatable bonds is 5. The highest BCUT2D eigenvalue weighted by Gasteiger charge is 2.30. The van der Waals surface area contributed by atoms with Crippen LogP contribution in [-0.2, 0) is 12.8 Å². The molecule has 0 aliphatic rings. The fraction of sp³-hybridized carbons (Fsp3) is 0.150. The number of alkyl halides is 3. The predicted molar refractivity (Wildman–Crippen MR) is 99.7 cm³/mol. The molecule has 0 aliphatic carbocycles. The summed E-state index contributed by atoms with van der Waals surface area (Å²) < 4.78 is 49.3. The molecule has 0 saturated heterocycles. The van der Waals surface area contributed by atoms with Crippen LogP contribution in [0.25, 0.3) is 11.3 Å². The SMILES string of the molecule is COc1ccc(COc2ccc(-c3ccc(C(F)(F)F)cc3)nc2Br)cc1. The minimum absolute atomic E-state index is 0.351. The van der Waals surface area contributed by atoms with Gasteiger partial charge in [-0.05, 0) is 57.9 Å². The molecular weight excluding hydrogens is 423 g/mol. The van der Waals surface area contributed by atoms with Crippen LogP contribution >= 0.6 is 15.9 Å². The van der Waals surface area contributed by atoms with Gasteiger partial charge in [-0.25, -0.2) is 4.98 Å². The smallest absolute Gasteiger partial charge is 0.416 e. The normalized spacial score (nSPS) is 11.3. The molecule has 3 rings (SSSR count). The van der Waals surface area contributed by atoms with E-state index in [1.54, 1.807) is 19.2 Å². The van der Waals surface area contributed by atoms with Crippen LogP contribution in [0.5, 0.6) is 11.5 Å². The monoisotopic (exact) mass is 437 g/mol. The van der Waals surface area contributed by atoms with E-state index in [2.05, 4.69) is 20.9 Å². The first-order valence-electron chi connectivity index (χ1n) is 7.97. The van der Waals surface area contributed by atoms with Crippen molar-refractivity contribution in [2.24, 2.45) is 0 Å². The third-order valence-electron chi connectivity index (χ3n) is 3.88. The standard InChI is InChI=1S/C20H15BrF3NO2/c1-26-16-8-2-13(3-9-16)12-27-18-11-10-17(25-19(18)21)14-4-6-15(7-5-14)20(22,23)24/h2-11H,12H2,1H3. The Labute approximate surface area is 162 Å². The number of pyridine rings is 1. The lowest BCUT2D eigenvalue weighted by Crippen LogP contribution is -2.04. The summed E-state index contributed by atoms with van der Waals surface area (Å²) in [7, 11) is 1.60. The van der Waals surface area contributed by atoms with E-state index in [4.69, 9.17) is 9.47 Å². The summed E-state index contributed by atoms with van der Waals surface area (Å²) >= 11 is 3.35. The topological polar surface area (TPSA) is 31.4 Å². The van der Waals surface area contributed by atoms with E-state index in [0.717, 1.165) is 23.4 Å². The Balaban J connectivity index is 1.71. The van der Waals surface area contributed by atoms with Gasteiger partial charge in [0.15, 0.2) is 5.75 Å². The van der Waals surface area contributed by atoms with Gasteiger partial charge in [-0.1, -0.05) is 24.3 Å². The molecule has 0 unspecified atom stereocenters. The Kier molecular flexibility index (Phi) is 5.70. The summed E-state index contributed by atoms with van der Waals surface area (Å²) in [5.41, 5.74) is 1.41. The Morgan fingerprint density at radius 2 is 1.59 bits per heavy atom. The number of methoxy groups -OCH3 is 1. The molecule has 0 amide bonds. The molecule has 0 saturated carbocycles. The zero-order valence-electron chi connectivity index (χ0n) is 14.3. The summed E-state index contributed by atoms with van der Waals surface area (Å²) in [6.45, 7) is 0.351. The van der Waals surface area contributed by atoms with Crippen molar-refractivity contribution in [3.8, 4) is 22.8 Å². The minimum atomic E-state index is -4.36. The molecule has 1 heterocycles. The van der Waals surface area contributed by atoms with Crippen molar-refractivity contribution in [2.45, 2.75) is 12.8 Å². The summed E-state index contributed by atoms with van der Waals surface area (Å²) in [5.74, 6) is 1.31. The zero-order chi connectivity index (χ0) is 19.4. The molecular formula is C20H15BrF3NO2. The Bertz CT molecular complexity index is 910. The molecule has 140 valence electrons. The molecule has 3 nitrogen and oxygen atoms in total. The van der Waals surface area contributed by atoms with Crippen LogP contribution in [0.15, 0.2) is 65.3 Å². The van der Waals surface area contributed by atoms with E-state index in [-0.39, 0.29) is 0 Å². The maximum absolute atomic E-state index is 12.7. The highest BCUT2D eigenvalue weighted by molar-refractivity contribution is 9.10. The molecule has 0 radical (unpaired) electrons. The number of aromatic nitrogens is 1. The fourth-order valence-corrected chi connectivity index (χ4v) is 2.84. The lowest BCUT2D eigenvalue weighted by Gasteiger charge is -2.11. The van der Waals surface area contributed by atoms with E-state index in [0.29, 0.717) is 28.2 Å². The van der Waals surface area contributed by atoms with E-state index >= 15 is 0 Å². The van der Waals surface area contributed by atoms with Gasteiger partial charge in [0.05, 0.1) is 18.4 Å². The molecule has 0 fully saturated rings. The molecule has 0 atom stereocenters. The van der Waals surface area contributed by atoms with Gasteiger partial charge >= 0.3 is 6.18 Å². The summed E-state index contributed by atoms with van der Waals surface area (Å²) in [6.07, 6.45) is -4.36. The van der Waals surface area contributed by atoms with E-state index < -0.39 is 11.7 Å².